The predicted molar refractivity (Wildman–Crippen MR) is 229 cm³/mol. The van der Waals surface area contributed by atoms with Crippen molar-refractivity contribution in [2.24, 2.45) is 0 Å². The first-order valence-corrected chi connectivity index (χ1v) is 17.9. The monoisotopic (exact) mass is 696 g/mol. The molecule has 1 aromatic heterocycles. The van der Waals surface area contributed by atoms with Crippen LogP contribution in [0.4, 0.5) is 17.1 Å². The minimum atomic E-state index is -0.398. The van der Waals surface area contributed by atoms with Crippen LogP contribution in [0.1, 0.15) is 11.0 Å². The van der Waals surface area contributed by atoms with Crippen LogP contribution in [0.3, 0.4) is 0 Å². The van der Waals surface area contributed by atoms with Gasteiger partial charge in [0.15, 0.2) is 0 Å². The molecular formula is C52H36N2. The minimum Gasteiger partial charge on any atom is -0.311 e. The summed E-state index contributed by atoms with van der Waals surface area (Å²) in [4.78, 5) is 1.35. The van der Waals surface area contributed by atoms with Gasteiger partial charge in [-0.15, -0.1) is 0 Å². The van der Waals surface area contributed by atoms with E-state index >= 15 is 0 Å². The summed E-state index contributed by atoms with van der Waals surface area (Å²) < 4.78 is 77.5. The van der Waals surface area contributed by atoms with E-state index < -0.39 is 12.1 Å². The molecule has 0 radical (unpaired) electrons. The molecule has 10 rings (SSSR count). The number of anilines is 3. The Kier molecular flexibility index (Phi) is 6.01. The number of fused-ring (bicyclic) bond motifs is 4. The SMILES string of the molecule is [2H]c1c([2H])c(N(c2ccc(-c3cccc4ccccc34)cc2)c2c([2H])c([2H])c(-c3cccc(-n4c5ccccc5c5ccccc54)c3)c([2H])c2[2H])c([2H])c([2H])c1-c1ccccc1. The summed E-state index contributed by atoms with van der Waals surface area (Å²) in [5.74, 6) is 0. The van der Waals surface area contributed by atoms with Gasteiger partial charge in [0.1, 0.15) is 0 Å². The highest BCUT2D eigenvalue weighted by Crippen LogP contribution is 2.39. The quantitative estimate of drug-likeness (QED) is 0.161. The molecule has 0 amide bonds. The zero-order valence-electron chi connectivity index (χ0n) is 37.1. The van der Waals surface area contributed by atoms with Crippen molar-refractivity contribution in [1.82, 2.24) is 4.57 Å². The summed E-state index contributed by atoms with van der Waals surface area (Å²) in [6.45, 7) is 0. The Morgan fingerprint density at radius 1 is 0.352 bits per heavy atom. The first kappa shape index (κ1) is 24.2. The molecule has 0 aliphatic carbocycles. The molecule has 2 heteroatoms. The molecule has 0 atom stereocenters. The number of benzene rings is 9. The second kappa shape index (κ2) is 13.4. The van der Waals surface area contributed by atoms with Crippen molar-refractivity contribution < 1.29 is 11.0 Å². The third-order valence-electron chi connectivity index (χ3n) is 9.93. The van der Waals surface area contributed by atoms with Crippen LogP contribution in [-0.2, 0) is 0 Å². The Bertz CT molecular complexity index is 3280. The summed E-state index contributed by atoms with van der Waals surface area (Å²) in [6.07, 6.45) is 0. The second-order valence-corrected chi connectivity index (χ2v) is 13.1. The maximum atomic E-state index is 9.60. The molecule has 10 aromatic rings. The zero-order valence-corrected chi connectivity index (χ0v) is 29.1. The van der Waals surface area contributed by atoms with E-state index in [1.54, 1.807) is 42.5 Å². The Hall–Kier alpha value is -7.16. The summed E-state index contributed by atoms with van der Waals surface area (Å²) in [5.41, 5.74) is 5.77. The number of para-hydroxylation sites is 2. The molecule has 1 heterocycles. The summed E-state index contributed by atoms with van der Waals surface area (Å²) in [5, 5.41) is 4.28. The maximum Gasteiger partial charge on any atom is 0.0645 e. The first-order valence-electron chi connectivity index (χ1n) is 21.9. The van der Waals surface area contributed by atoms with Crippen molar-refractivity contribution in [3.8, 4) is 39.1 Å². The fourth-order valence-electron chi connectivity index (χ4n) is 7.37. The van der Waals surface area contributed by atoms with Gasteiger partial charge in [-0.2, -0.15) is 0 Å². The molecular weight excluding hydrogens is 653 g/mol. The van der Waals surface area contributed by atoms with Crippen LogP contribution < -0.4 is 4.90 Å². The van der Waals surface area contributed by atoms with Gasteiger partial charge < -0.3 is 9.47 Å². The van der Waals surface area contributed by atoms with E-state index in [0.29, 0.717) is 16.8 Å². The van der Waals surface area contributed by atoms with Gasteiger partial charge in [0, 0.05) is 33.5 Å². The van der Waals surface area contributed by atoms with E-state index in [1.165, 1.54) is 4.90 Å². The number of hydrogen-bond donors (Lipinski definition) is 0. The fourth-order valence-corrected chi connectivity index (χ4v) is 7.37. The van der Waals surface area contributed by atoms with Crippen LogP contribution in [0.5, 0.6) is 0 Å². The second-order valence-electron chi connectivity index (χ2n) is 13.1. The van der Waals surface area contributed by atoms with Crippen LogP contribution >= 0.6 is 0 Å². The zero-order chi connectivity index (χ0) is 42.8. The van der Waals surface area contributed by atoms with Crippen LogP contribution in [-0.4, -0.2) is 4.57 Å². The number of nitrogens with zero attached hydrogens (tertiary/aromatic N) is 2. The van der Waals surface area contributed by atoms with Crippen LogP contribution in [0.15, 0.2) is 218 Å². The first-order chi connectivity index (χ1) is 30.1. The van der Waals surface area contributed by atoms with Crippen LogP contribution in [0, 0.1) is 0 Å². The molecule has 0 saturated heterocycles. The highest BCUT2D eigenvalue weighted by molar-refractivity contribution is 6.09. The van der Waals surface area contributed by atoms with E-state index in [1.807, 2.05) is 115 Å². The lowest BCUT2D eigenvalue weighted by atomic mass is 9.98. The van der Waals surface area contributed by atoms with E-state index in [4.69, 9.17) is 0 Å². The van der Waals surface area contributed by atoms with Crippen molar-refractivity contribution in [3.63, 3.8) is 0 Å². The van der Waals surface area contributed by atoms with Gasteiger partial charge in [0.05, 0.1) is 22.0 Å². The highest BCUT2D eigenvalue weighted by Gasteiger charge is 2.16. The van der Waals surface area contributed by atoms with Crippen molar-refractivity contribution in [2.45, 2.75) is 0 Å². The lowest BCUT2D eigenvalue weighted by Crippen LogP contribution is -2.09. The van der Waals surface area contributed by atoms with Gasteiger partial charge >= 0.3 is 0 Å². The van der Waals surface area contributed by atoms with Gasteiger partial charge in [-0.3, -0.25) is 0 Å². The van der Waals surface area contributed by atoms with Crippen molar-refractivity contribution in [1.29, 1.82) is 0 Å². The Balaban J connectivity index is 1.17. The van der Waals surface area contributed by atoms with Gasteiger partial charge in [0.25, 0.3) is 0 Å². The number of aromatic nitrogens is 1. The summed E-state index contributed by atoms with van der Waals surface area (Å²) >= 11 is 0. The van der Waals surface area contributed by atoms with Gasteiger partial charge in [0.2, 0.25) is 0 Å². The molecule has 254 valence electrons. The Morgan fingerprint density at radius 3 is 1.54 bits per heavy atom. The molecule has 0 spiro atoms. The molecule has 0 saturated carbocycles. The smallest absolute Gasteiger partial charge is 0.0645 e. The Morgan fingerprint density at radius 2 is 0.870 bits per heavy atom. The van der Waals surface area contributed by atoms with Crippen LogP contribution in [0.25, 0.3) is 71.6 Å². The van der Waals surface area contributed by atoms with Crippen molar-refractivity contribution in [3.05, 3.63) is 218 Å². The molecule has 0 fully saturated rings. The molecule has 54 heavy (non-hydrogen) atoms. The Labute approximate surface area is 326 Å². The average molecular weight is 697 g/mol. The normalized spacial score (nSPS) is 13.4. The number of rotatable bonds is 7. The van der Waals surface area contributed by atoms with Gasteiger partial charge in [-0.05, 0) is 105 Å². The third kappa shape index (κ3) is 5.62. The molecule has 0 N–H and O–H groups in total. The molecule has 0 aliphatic rings. The van der Waals surface area contributed by atoms with Gasteiger partial charge in [-0.25, -0.2) is 0 Å². The summed E-state index contributed by atoms with van der Waals surface area (Å²) in [7, 11) is 0. The largest absolute Gasteiger partial charge is 0.311 e. The van der Waals surface area contributed by atoms with Crippen molar-refractivity contribution in [2.75, 3.05) is 4.90 Å². The van der Waals surface area contributed by atoms with E-state index in [0.717, 1.165) is 49.4 Å². The standard InChI is InChI=1S/C52H36N2/c1-2-12-37(13-3-1)38-24-30-43(31-25-38)53(45-34-28-41(29-35-45)48-21-11-15-40-14-4-5-18-47(40)48)44-32-26-39(27-33-44)42-16-10-17-46(36-42)54-51-22-8-6-19-49(51)50-20-7-9-23-52(50)54/h1-36H/i24D,25D,26D,27D,30D,31D,32D,33D. The number of hydrogen-bond acceptors (Lipinski definition) is 1. The lowest BCUT2D eigenvalue weighted by Gasteiger charge is -2.26. The fraction of sp³-hybridized carbons (Fsp3) is 0. The third-order valence-corrected chi connectivity index (χ3v) is 9.93. The minimum absolute atomic E-state index is 0.0941. The van der Waals surface area contributed by atoms with Crippen molar-refractivity contribution >= 4 is 49.6 Å². The van der Waals surface area contributed by atoms with Crippen LogP contribution in [0.2, 0.25) is 0 Å². The van der Waals surface area contributed by atoms with E-state index in [9.17, 15) is 11.0 Å². The summed E-state index contributed by atoms with van der Waals surface area (Å²) in [6, 6.07) is 51.1. The highest BCUT2D eigenvalue weighted by atomic mass is 15.1. The molecule has 2 nitrogen and oxygen atoms in total. The molecule has 0 aliphatic heterocycles. The molecule has 9 aromatic carbocycles. The topological polar surface area (TPSA) is 8.17 Å². The maximum absolute atomic E-state index is 9.60. The predicted octanol–water partition coefficient (Wildman–Crippen LogP) is 14.4. The average Bonchev–Trinajstić information content (AvgIpc) is 3.65. The molecule has 0 unspecified atom stereocenters. The van der Waals surface area contributed by atoms with E-state index in [2.05, 4.69) is 16.7 Å². The van der Waals surface area contributed by atoms with Gasteiger partial charge in [-0.1, -0.05) is 158 Å². The van der Waals surface area contributed by atoms with E-state index in [-0.39, 0.29) is 58.8 Å². The molecule has 0 bridgehead atoms. The lowest BCUT2D eigenvalue weighted by molar-refractivity contribution is 1.18.